The van der Waals surface area contributed by atoms with Crippen molar-refractivity contribution in [1.29, 1.82) is 0 Å². The first-order chi connectivity index (χ1) is 16.8. The second-order valence-electron chi connectivity index (χ2n) is 7.91. The molecule has 35 heavy (non-hydrogen) atoms. The number of anilines is 5. The quantitative estimate of drug-likeness (QED) is 0.321. The average Bonchev–Trinajstić information content (AvgIpc) is 2.79. The number of carbonyl (C=O) groups excluding carboxylic acids is 1. The van der Waals surface area contributed by atoms with Gasteiger partial charge >= 0.3 is 0 Å². The number of fused-ring (bicyclic) bond motifs is 1. The van der Waals surface area contributed by atoms with E-state index in [0.717, 1.165) is 4.31 Å². The maximum absolute atomic E-state index is 13.8. The predicted octanol–water partition coefficient (Wildman–Crippen LogP) is 3.68. The summed E-state index contributed by atoms with van der Waals surface area (Å²) in [7, 11) is 0.319. The highest BCUT2D eigenvalue weighted by Crippen LogP contribution is 2.34. The van der Waals surface area contributed by atoms with Gasteiger partial charge in [0, 0.05) is 11.4 Å². The normalized spacial score (nSPS) is 11.1. The van der Waals surface area contributed by atoms with Gasteiger partial charge < -0.3 is 15.5 Å². The van der Waals surface area contributed by atoms with Crippen LogP contribution >= 0.6 is 0 Å². The molecule has 11 heteroatoms. The number of para-hydroxylation sites is 2. The largest absolute Gasteiger partial charge is 0.337 e. The van der Waals surface area contributed by atoms with Crippen LogP contribution in [0.4, 0.5) is 33.1 Å². The molecule has 1 amide bonds. The number of carbonyl (C=O) groups is 1. The van der Waals surface area contributed by atoms with Crippen LogP contribution in [0.2, 0.25) is 0 Å². The molecule has 0 saturated carbocycles. The summed E-state index contributed by atoms with van der Waals surface area (Å²) in [5.41, 5.74) is 2.05. The Morgan fingerprint density at radius 3 is 2.29 bits per heavy atom. The van der Waals surface area contributed by atoms with Crippen LogP contribution in [-0.4, -0.2) is 49.8 Å². The van der Waals surface area contributed by atoms with E-state index >= 15 is 0 Å². The number of thiol groups is 1. The lowest BCUT2D eigenvalue weighted by Gasteiger charge is -2.21. The Labute approximate surface area is 203 Å². The molecule has 9 nitrogen and oxygen atoms in total. The molecule has 0 unspecified atom stereocenters. The third kappa shape index (κ3) is 5.89. The van der Waals surface area contributed by atoms with Crippen molar-refractivity contribution in [2.24, 2.45) is 0 Å². The van der Waals surface area contributed by atoms with Crippen molar-refractivity contribution in [2.75, 3.05) is 35.6 Å². The molecule has 1 aromatic heterocycles. The van der Waals surface area contributed by atoms with Gasteiger partial charge in [0.15, 0.2) is 11.6 Å². The second kappa shape index (κ2) is 10.5. The molecule has 3 aromatic carbocycles. The van der Waals surface area contributed by atoms with Crippen LogP contribution < -0.4 is 14.9 Å². The van der Waals surface area contributed by atoms with Crippen LogP contribution in [0.1, 0.15) is 0 Å². The van der Waals surface area contributed by atoms with Gasteiger partial charge in [-0.25, -0.2) is 27.1 Å². The molecular weight excluding hydrogens is 471 g/mol. The summed E-state index contributed by atoms with van der Waals surface area (Å²) in [6.07, 6.45) is 0. The first kappa shape index (κ1) is 24.0. The van der Waals surface area contributed by atoms with Crippen molar-refractivity contribution in [2.45, 2.75) is 0 Å². The van der Waals surface area contributed by atoms with Crippen molar-refractivity contribution in [1.82, 2.24) is 14.9 Å². The number of likely N-dealkylation sites (N-methyl/N-ethyl adjacent to an activating group) is 1. The summed E-state index contributed by atoms with van der Waals surface area (Å²) in [6.45, 7) is 0.168. The molecule has 0 fully saturated rings. The SMILES string of the molecule is CN(C)CC(=O)Nc1cccc(N(c2nc3ccccc3nc2Nc2cccc(F)c2)[SH](=O)=O)c1. The summed E-state index contributed by atoms with van der Waals surface area (Å²) >= 11 is 0. The summed E-state index contributed by atoms with van der Waals surface area (Å²) < 4.78 is 39.8. The maximum Gasteiger partial charge on any atom is 0.238 e. The van der Waals surface area contributed by atoms with Crippen molar-refractivity contribution in [3.8, 4) is 0 Å². The number of rotatable bonds is 8. The number of benzene rings is 3. The minimum atomic E-state index is -3.22. The smallest absolute Gasteiger partial charge is 0.238 e. The van der Waals surface area contributed by atoms with Crippen molar-refractivity contribution in [3.63, 3.8) is 0 Å². The van der Waals surface area contributed by atoms with Gasteiger partial charge in [0.2, 0.25) is 16.8 Å². The van der Waals surface area contributed by atoms with Gasteiger partial charge in [-0.3, -0.25) is 4.79 Å². The zero-order chi connectivity index (χ0) is 24.9. The molecule has 0 radical (unpaired) electrons. The van der Waals surface area contributed by atoms with E-state index in [4.69, 9.17) is 0 Å². The van der Waals surface area contributed by atoms with Crippen molar-refractivity contribution < 1.29 is 17.6 Å². The van der Waals surface area contributed by atoms with Gasteiger partial charge in [-0.05, 0) is 62.6 Å². The van der Waals surface area contributed by atoms with Crippen LogP contribution in [-0.2, 0) is 15.7 Å². The van der Waals surface area contributed by atoms with E-state index in [-0.39, 0.29) is 29.8 Å². The maximum atomic E-state index is 13.8. The van der Waals surface area contributed by atoms with E-state index in [0.29, 0.717) is 22.4 Å². The summed E-state index contributed by atoms with van der Waals surface area (Å²) in [4.78, 5) is 23.0. The Hall–Kier alpha value is -4.09. The number of amides is 1. The Bertz CT molecular complexity index is 1450. The van der Waals surface area contributed by atoms with Crippen LogP contribution in [0.25, 0.3) is 11.0 Å². The third-order valence-electron chi connectivity index (χ3n) is 4.84. The van der Waals surface area contributed by atoms with Gasteiger partial charge in [-0.15, -0.1) is 0 Å². The van der Waals surface area contributed by atoms with Crippen LogP contribution in [0.15, 0.2) is 72.8 Å². The van der Waals surface area contributed by atoms with Gasteiger partial charge in [0.05, 0.1) is 23.3 Å². The minimum Gasteiger partial charge on any atom is -0.337 e. The average molecular weight is 495 g/mol. The lowest BCUT2D eigenvalue weighted by atomic mass is 10.2. The number of hydrogen-bond acceptors (Lipinski definition) is 7. The van der Waals surface area contributed by atoms with E-state index in [1.54, 1.807) is 67.5 Å². The van der Waals surface area contributed by atoms with E-state index < -0.39 is 16.7 Å². The predicted molar refractivity (Wildman–Crippen MR) is 135 cm³/mol. The third-order valence-corrected chi connectivity index (χ3v) is 5.58. The standard InChI is InChI=1S/C24H23FN6O3S/c1-30(2)15-22(32)26-18-9-6-10-19(14-18)31(35(33)34)24-23(27-17-8-5-7-16(25)13-17)28-20-11-3-4-12-21(20)29-24/h3-14,35H,15H2,1-2H3,(H,26,32)(H,27,28). The molecule has 4 rings (SSSR count). The molecule has 0 aliphatic heterocycles. The number of nitrogens with zero attached hydrogens (tertiary/aromatic N) is 4. The van der Waals surface area contributed by atoms with Crippen LogP contribution in [0.5, 0.6) is 0 Å². The Kier molecular flexibility index (Phi) is 7.18. The first-order valence-corrected chi connectivity index (χ1v) is 11.7. The fourth-order valence-electron chi connectivity index (χ4n) is 3.42. The summed E-state index contributed by atoms with van der Waals surface area (Å²) in [5, 5.41) is 5.73. The molecule has 4 aromatic rings. The molecular formula is C24H23FN6O3S. The van der Waals surface area contributed by atoms with Crippen molar-refractivity contribution in [3.05, 3.63) is 78.6 Å². The van der Waals surface area contributed by atoms with Crippen molar-refractivity contribution >= 4 is 56.5 Å². The molecule has 0 aliphatic carbocycles. The Morgan fingerprint density at radius 2 is 1.60 bits per heavy atom. The van der Waals surface area contributed by atoms with Gasteiger partial charge in [0.25, 0.3) is 0 Å². The van der Waals surface area contributed by atoms with Gasteiger partial charge in [-0.2, -0.15) is 0 Å². The van der Waals surface area contributed by atoms with Crippen LogP contribution in [0.3, 0.4) is 0 Å². The van der Waals surface area contributed by atoms with E-state index in [2.05, 4.69) is 20.6 Å². The zero-order valence-corrected chi connectivity index (χ0v) is 19.9. The topological polar surface area (TPSA) is 108 Å². The molecule has 180 valence electrons. The number of nitrogens with one attached hydrogen (secondary N) is 2. The molecule has 0 bridgehead atoms. The van der Waals surface area contributed by atoms with E-state index in [1.807, 2.05) is 0 Å². The molecule has 1 heterocycles. The fraction of sp³-hybridized carbons (Fsp3) is 0.125. The zero-order valence-electron chi connectivity index (χ0n) is 19.0. The highest BCUT2D eigenvalue weighted by molar-refractivity contribution is 7.74. The summed E-state index contributed by atoms with van der Waals surface area (Å²) in [5.74, 6) is -0.584. The molecule has 2 N–H and O–H groups in total. The monoisotopic (exact) mass is 494 g/mol. The lowest BCUT2D eigenvalue weighted by Crippen LogP contribution is -2.27. The number of aromatic nitrogens is 2. The lowest BCUT2D eigenvalue weighted by molar-refractivity contribution is -0.116. The number of hydrogen-bond donors (Lipinski definition) is 3. The number of halogens is 1. The Morgan fingerprint density at radius 1 is 0.914 bits per heavy atom. The highest BCUT2D eigenvalue weighted by Gasteiger charge is 2.21. The van der Waals surface area contributed by atoms with E-state index in [9.17, 15) is 17.6 Å². The van der Waals surface area contributed by atoms with E-state index in [1.165, 1.54) is 24.3 Å². The Balaban J connectivity index is 1.80. The molecule has 0 aliphatic rings. The van der Waals surface area contributed by atoms with Gasteiger partial charge in [0.1, 0.15) is 5.82 Å². The fourth-order valence-corrected chi connectivity index (χ4v) is 4.03. The van der Waals surface area contributed by atoms with Crippen LogP contribution in [0, 0.1) is 5.82 Å². The highest BCUT2D eigenvalue weighted by atomic mass is 32.2. The van der Waals surface area contributed by atoms with Gasteiger partial charge in [-0.1, -0.05) is 24.3 Å². The first-order valence-electron chi connectivity index (χ1n) is 10.6. The second-order valence-corrected chi connectivity index (χ2v) is 8.78. The summed E-state index contributed by atoms with van der Waals surface area (Å²) in [6, 6.07) is 19.1. The molecule has 0 saturated heterocycles. The molecule has 0 atom stereocenters. The minimum absolute atomic E-state index is 0.000778. The molecule has 0 spiro atoms.